The molecule has 0 amide bonds. The highest BCUT2D eigenvalue weighted by molar-refractivity contribution is 7.46. The molecule has 0 fully saturated rings. The average Bonchev–Trinajstić information content (AvgIpc) is 2.00. The Morgan fingerprint density at radius 3 is 2.33 bits per heavy atom. The Kier molecular flexibility index (Phi) is 6.77. The monoisotopic (exact) mass is 234 g/mol. The first-order valence-corrected chi connectivity index (χ1v) is 6.33. The maximum atomic E-state index is 10.3. The van der Waals surface area contributed by atoms with Gasteiger partial charge in [-0.2, -0.15) is 0 Å². The molecule has 0 saturated heterocycles. The van der Waals surface area contributed by atoms with E-state index in [4.69, 9.17) is 9.79 Å². The fraction of sp³-hybridized carbons (Fsp3) is 0.600. The maximum absolute atomic E-state index is 10.3. The van der Waals surface area contributed by atoms with Crippen molar-refractivity contribution in [1.82, 2.24) is 0 Å². The van der Waals surface area contributed by atoms with Crippen molar-refractivity contribution in [1.29, 1.82) is 0 Å². The Bertz CT molecular complexity index is 284. The van der Waals surface area contributed by atoms with E-state index >= 15 is 0 Å². The number of rotatable bonds is 6. The second kappa shape index (κ2) is 6.96. The number of phosphoric ester groups is 1. The molecule has 0 spiro atoms. The van der Waals surface area contributed by atoms with Gasteiger partial charge in [-0.15, -0.1) is 0 Å². The highest BCUT2D eigenvalue weighted by Gasteiger charge is 2.11. The molecule has 0 aromatic carbocycles. The SMILES string of the molecule is CC(C)=CCC/C(C)=C\COP(=O)(O)O. The van der Waals surface area contributed by atoms with Crippen molar-refractivity contribution in [3.05, 3.63) is 23.3 Å². The fourth-order valence-electron chi connectivity index (χ4n) is 0.967. The zero-order valence-corrected chi connectivity index (χ0v) is 10.3. The summed E-state index contributed by atoms with van der Waals surface area (Å²) >= 11 is 0. The van der Waals surface area contributed by atoms with Gasteiger partial charge in [0.2, 0.25) is 0 Å². The molecule has 0 rings (SSSR count). The van der Waals surface area contributed by atoms with E-state index in [-0.39, 0.29) is 6.61 Å². The number of hydrogen-bond donors (Lipinski definition) is 2. The van der Waals surface area contributed by atoms with Gasteiger partial charge in [0, 0.05) is 0 Å². The minimum Gasteiger partial charge on any atom is -0.303 e. The van der Waals surface area contributed by atoms with Gasteiger partial charge in [0.15, 0.2) is 0 Å². The highest BCUT2D eigenvalue weighted by atomic mass is 31.2. The minimum atomic E-state index is -4.32. The molecule has 0 bridgehead atoms. The van der Waals surface area contributed by atoms with Crippen LogP contribution in [-0.4, -0.2) is 16.4 Å². The Labute approximate surface area is 90.9 Å². The Morgan fingerprint density at radius 2 is 1.87 bits per heavy atom. The van der Waals surface area contributed by atoms with Gasteiger partial charge in [-0.3, -0.25) is 4.52 Å². The fourth-order valence-corrected chi connectivity index (χ4v) is 1.24. The van der Waals surface area contributed by atoms with Crippen LogP contribution in [0.15, 0.2) is 23.3 Å². The zero-order chi connectivity index (χ0) is 11.9. The third-order valence-corrected chi connectivity index (χ3v) is 2.25. The molecular weight excluding hydrogens is 215 g/mol. The lowest BCUT2D eigenvalue weighted by atomic mass is 10.1. The summed E-state index contributed by atoms with van der Waals surface area (Å²) < 4.78 is 14.7. The molecule has 0 atom stereocenters. The molecule has 0 aromatic heterocycles. The molecule has 0 aliphatic carbocycles. The summed E-state index contributed by atoms with van der Waals surface area (Å²) in [4.78, 5) is 16.9. The van der Waals surface area contributed by atoms with Gasteiger partial charge >= 0.3 is 7.82 Å². The van der Waals surface area contributed by atoms with Crippen molar-refractivity contribution in [2.75, 3.05) is 6.61 Å². The van der Waals surface area contributed by atoms with Crippen LogP contribution in [0, 0.1) is 0 Å². The molecule has 0 unspecified atom stereocenters. The molecule has 2 N–H and O–H groups in total. The quantitative estimate of drug-likeness (QED) is 0.547. The van der Waals surface area contributed by atoms with Gasteiger partial charge in [0.1, 0.15) is 0 Å². The van der Waals surface area contributed by atoms with Gasteiger partial charge in [0.25, 0.3) is 0 Å². The largest absolute Gasteiger partial charge is 0.469 e. The van der Waals surface area contributed by atoms with Crippen LogP contribution in [0.5, 0.6) is 0 Å². The molecule has 0 aliphatic heterocycles. The normalized spacial score (nSPS) is 12.7. The predicted molar refractivity (Wildman–Crippen MR) is 60.4 cm³/mol. The van der Waals surface area contributed by atoms with Crippen molar-refractivity contribution in [3.63, 3.8) is 0 Å². The highest BCUT2D eigenvalue weighted by Crippen LogP contribution is 2.35. The molecule has 88 valence electrons. The Hall–Kier alpha value is -0.410. The summed E-state index contributed by atoms with van der Waals surface area (Å²) in [6.45, 7) is 5.96. The Balaban J connectivity index is 3.80. The van der Waals surface area contributed by atoms with Crippen molar-refractivity contribution in [2.24, 2.45) is 0 Å². The lowest BCUT2D eigenvalue weighted by molar-refractivity contribution is 0.215. The van der Waals surface area contributed by atoms with Crippen molar-refractivity contribution >= 4 is 7.82 Å². The molecule has 0 aliphatic rings. The maximum Gasteiger partial charge on any atom is 0.469 e. The third kappa shape index (κ3) is 11.5. The first-order chi connectivity index (χ1) is 6.81. The minimum absolute atomic E-state index is 0.0368. The standard InChI is InChI=1S/C10H19O4P/c1-9(2)5-4-6-10(3)7-8-14-15(11,12)13/h5,7H,4,6,8H2,1-3H3,(H2,11,12,13)/b10-7-. The van der Waals surface area contributed by atoms with Crippen molar-refractivity contribution < 1.29 is 18.9 Å². The van der Waals surface area contributed by atoms with Crippen molar-refractivity contribution in [2.45, 2.75) is 33.6 Å². The summed E-state index contributed by atoms with van der Waals surface area (Å²) in [5, 5.41) is 0. The molecule has 4 nitrogen and oxygen atoms in total. The predicted octanol–water partition coefficient (Wildman–Crippen LogP) is 2.79. The van der Waals surface area contributed by atoms with Gasteiger partial charge in [-0.05, 0) is 33.6 Å². The summed E-state index contributed by atoms with van der Waals surface area (Å²) in [5.74, 6) is 0. The smallest absolute Gasteiger partial charge is 0.303 e. The van der Waals surface area contributed by atoms with Crippen LogP contribution in [0.25, 0.3) is 0 Å². The summed E-state index contributed by atoms with van der Waals surface area (Å²) in [6.07, 6.45) is 5.65. The molecule has 15 heavy (non-hydrogen) atoms. The Morgan fingerprint density at radius 1 is 1.27 bits per heavy atom. The lowest BCUT2D eigenvalue weighted by Crippen LogP contribution is -1.89. The first kappa shape index (κ1) is 14.6. The first-order valence-electron chi connectivity index (χ1n) is 4.80. The summed E-state index contributed by atoms with van der Waals surface area (Å²) in [5.41, 5.74) is 2.34. The molecule has 5 heteroatoms. The summed E-state index contributed by atoms with van der Waals surface area (Å²) in [6, 6.07) is 0. The average molecular weight is 234 g/mol. The van der Waals surface area contributed by atoms with E-state index in [2.05, 4.69) is 10.6 Å². The molecule has 0 radical (unpaired) electrons. The van der Waals surface area contributed by atoms with E-state index < -0.39 is 7.82 Å². The molecule has 0 aromatic rings. The zero-order valence-electron chi connectivity index (χ0n) is 9.43. The summed E-state index contributed by atoms with van der Waals surface area (Å²) in [7, 11) is -4.32. The number of hydrogen-bond acceptors (Lipinski definition) is 2. The van der Waals surface area contributed by atoms with E-state index in [0.29, 0.717) is 0 Å². The van der Waals surface area contributed by atoms with Crippen LogP contribution in [0.4, 0.5) is 0 Å². The lowest BCUT2D eigenvalue weighted by Gasteiger charge is -2.03. The second-order valence-electron chi connectivity index (χ2n) is 3.66. The van der Waals surface area contributed by atoms with Crippen LogP contribution in [0.1, 0.15) is 33.6 Å². The van der Waals surface area contributed by atoms with E-state index in [1.807, 2.05) is 20.8 Å². The van der Waals surface area contributed by atoms with Crippen LogP contribution in [0.2, 0.25) is 0 Å². The van der Waals surface area contributed by atoms with E-state index in [9.17, 15) is 4.57 Å². The van der Waals surface area contributed by atoms with E-state index in [1.54, 1.807) is 6.08 Å². The van der Waals surface area contributed by atoms with E-state index in [1.165, 1.54) is 5.57 Å². The molecule has 0 saturated carbocycles. The van der Waals surface area contributed by atoms with Crippen LogP contribution >= 0.6 is 7.82 Å². The van der Waals surface area contributed by atoms with Gasteiger partial charge in [-0.25, -0.2) is 4.57 Å². The van der Waals surface area contributed by atoms with Crippen molar-refractivity contribution in [3.8, 4) is 0 Å². The molecular formula is C10H19O4P. The van der Waals surface area contributed by atoms with Crippen LogP contribution < -0.4 is 0 Å². The topological polar surface area (TPSA) is 66.8 Å². The second-order valence-corrected chi connectivity index (χ2v) is 4.90. The van der Waals surface area contributed by atoms with Gasteiger partial charge in [0.05, 0.1) is 6.61 Å². The van der Waals surface area contributed by atoms with Gasteiger partial charge in [-0.1, -0.05) is 23.3 Å². The van der Waals surface area contributed by atoms with Crippen LogP contribution in [-0.2, 0) is 9.09 Å². The number of phosphoric acid groups is 1. The third-order valence-electron chi connectivity index (χ3n) is 1.77. The van der Waals surface area contributed by atoms with E-state index in [0.717, 1.165) is 18.4 Å². The molecule has 0 heterocycles. The van der Waals surface area contributed by atoms with Gasteiger partial charge < -0.3 is 9.79 Å². The van der Waals surface area contributed by atoms with Crippen LogP contribution in [0.3, 0.4) is 0 Å². The number of allylic oxidation sites excluding steroid dienone is 3.